The number of halogens is 5. The monoisotopic (exact) mass is 402 g/mol. The normalized spacial score (nSPS) is 23.0. The number of aromatic nitrogens is 2. The van der Waals surface area contributed by atoms with Crippen LogP contribution in [0.4, 0.5) is 19.0 Å². The summed E-state index contributed by atoms with van der Waals surface area (Å²) in [4.78, 5) is 12.3. The summed E-state index contributed by atoms with van der Waals surface area (Å²) in [6, 6.07) is 4.80. The average molecular weight is 403 g/mol. The molecule has 3 saturated heterocycles. The predicted octanol–water partition coefficient (Wildman–Crippen LogP) is 4.27. The van der Waals surface area contributed by atoms with Gasteiger partial charge < -0.3 is 4.90 Å². The van der Waals surface area contributed by atoms with Gasteiger partial charge in [-0.25, -0.2) is 4.98 Å². The molecule has 0 aromatic carbocycles. The molecule has 5 rings (SSSR count). The second-order valence-electron chi connectivity index (χ2n) is 6.65. The number of rotatable bonds is 3. The summed E-state index contributed by atoms with van der Waals surface area (Å²) in [7, 11) is 0. The maximum atomic E-state index is 12.6. The van der Waals surface area contributed by atoms with Gasteiger partial charge in [0.2, 0.25) is 0 Å². The Kier molecular flexibility index (Phi) is 4.49. The third-order valence-corrected chi connectivity index (χ3v) is 5.31. The molecule has 0 aliphatic carbocycles. The van der Waals surface area contributed by atoms with E-state index in [0.717, 1.165) is 37.0 Å². The largest absolute Gasteiger partial charge is 0.433 e. The van der Waals surface area contributed by atoms with Gasteiger partial charge in [0.05, 0.1) is 10.0 Å². The molecule has 3 aliphatic rings. The topological polar surface area (TPSA) is 32.3 Å². The van der Waals surface area contributed by atoms with Crippen molar-refractivity contribution in [2.45, 2.75) is 31.2 Å². The fraction of sp³-hybridized carbons (Fsp3) is 0.412. The molecular weight excluding hydrogens is 388 g/mol. The molecule has 0 radical (unpaired) electrons. The Hall–Kier alpha value is -1.57. The molecular formula is C17H15Cl2F3N4. The summed E-state index contributed by atoms with van der Waals surface area (Å²) in [6.45, 7) is 2.18. The number of fused-ring (bicyclic) bond motifs is 2. The predicted molar refractivity (Wildman–Crippen MR) is 93.4 cm³/mol. The van der Waals surface area contributed by atoms with Crippen LogP contribution >= 0.6 is 23.2 Å². The lowest BCUT2D eigenvalue weighted by Gasteiger charge is -2.57. The van der Waals surface area contributed by atoms with Crippen LogP contribution in [-0.4, -0.2) is 40.0 Å². The van der Waals surface area contributed by atoms with Crippen LogP contribution in [0.5, 0.6) is 0 Å². The number of nitrogens with zero attached hydrogens (tertiary/aromatic N) is 4. The van der Waals surface area contributed by atoms with Crippen LogP contribution in [0.3, 0.4) is 0 Å². The maximum absolute atomic E-state index is 12.6. The number of piperazine rings is 1. The van der Waals surface area contributed by atoms with Gasteiger partial charge in [0.15, 0.2) is 0 Å². The highest BCUT2D eigenvalue weighted by atomic mass is 35.5. The molecule has 26 heavy (non-hydrogen) atoms. The first kappa shape index (κ1) is 17.8. The molecule has 0 spiro atoms. The molecule has 138 valence electrons. The van der Waals surface area contributed by atoms with E-state index in [2.05, 4.69) is 19.8 Å². The Labute approximate surface area is 158 Å². The minimum atomic E-state index is -4.41. The highest BCUT2D eigenvalue weighted by Gasteiger charge is 2.45. The standard InChI is InChI=1S/C17H15Cl2F3N4/c18-11-3-14(19)16(24-6-11)26-12-4-13(26)9-25(8-12)7-10-1-2-15(23-5-10)17(20,21)22/h1-3,5-6,12-13H,4,7-9H2. The van der Waals surface area contributed by atoms with Gasteiger partial charge in [0.25, 0.3) is 0 Å². The van der Waals surface area contributed by atoms with Crippen LogP contribution in [0.15, 0.2) is 30.6 Å². The van der Waals surface area contributed by atoms with E-state index in [9.17, 15) is 13.2 Å². The number of hydrogen-bond acceptors (Lipinski definition) is 4. The third-order valence-electron chi connectivity index (χ3n) is 4.82. The summed E-state index contributed by atoms with van der Waals surface area (Å²) >= 11 is 12.2. The molecule has 4 nitrogen and oxygen atoms in total. The lowest BCUT2D eigenvalue weighted by molar-refractivity contribution is -0.141. The van der Waals surface area contributed by atoms with Crippen molar-refractivity contribution in [1.29, 1.82) is 0 Å². The van der Waals surface area contributed by atoms with E-state index in [1.54, 1.807) is 12.3 Å². The van der Waals surface area contributed by atoms with E-state index in [-0.39, 0.29) is 0 Å². The Morgan fingerprint density at radius 1 is 1.08 bits per heavy atom. The summed E-state index contributed by atoms with van der Waals surface area (Å²) in [5.41, 5.74) is -0.0918. The number of piperidine rings is 1. The molecule has 3 aliphatic heterocycles. The number of anilines is 1. The third kappa shape index (κ3) is 3.35. The first-order valence-corrected chi connectivity index (χ1v) is 8.91. The molecule has 2 atom stereocenters. The molecule has 0 saturated carbocycles. The molecule has 2 aromatic rings. The minimum Gasteiger partial charge on any atom is -0.347 e. The lowest BCUT2D eigenvalue weighted by Crippen LogP contribution is -2.69. The molecule has 5 heterocycles. The molecule has 2 bridgehead atoms. The minimum absolute atomic E-state index is 0.294. The van der Waals surface area contributed by atoms with Gasteiger partial charge in [-0.15, -0.1) is 0 Å². The van der Waals surface area contributed by atoms with Gasteiger partial charge in [0.1, 0.15) is 11.5 Å². The fourth-order valence-corrected chi connectivity index (χ4v) is 4.19. The Bertz CT molecular complexity index is 801. The van der Waals surface area contributed by atoms with Gasteiger partial charge in [-0.2, -0.15) is 13.2 Å². The van der Waals surface area contributed by atoms with Gasteiger partial charge in [-0.05, 0) is 24.1 Å². The van der Waals surface area contributed by atoms with Crippen molar-refractivity contribution >= 4 is 29.0 Å². The van der Waals surface area contributed by atoms with E-state index in [1.807, 2.05) is 0 Å². The fourth-order valence-electron chi connectivity index (χ4n) is 3.71. The lowest BCUT2D eigenvalue weighted by atomic mass is 9.87. The van der Waals surface area contributed by atoms with Gasteiger partial charge >= 0.3 is 6.18 Å². The number of hydrogen-bond donors (Lipinski definition) is 0. The first-order valence-electron chi connectivity index (χ1n) is 8.15. The van der Waals surface area contributed by atoms with Crippen molar-refractivity contribution in [3.63, 3.8) is 0 Å². The molecule has 9 heteroatoms. The maximum Gasteiger partial charge on any atom is 0.433 e. The van der Waals surface area contributed by atoms with Crippen molar-refractivity contribution in [3.8, 4) is 0 Å². The van der Waals surface area contributed by atoms with Crippen LogP contribution in [0.2, 0.25) is 10.0 Å². The summed E-state index contributed by atoms with van der Waals surface area (Å²) in [5, 5.41) is 1.04. The molecule has 2 unspecified atom stereocenters. The van der Waals surface area contributed by atoms with Gasteiger partial charge in [0, 0.05) is 44.1 Å². The summed E-state index contributed by atoms with van der Waals surface area (Å²) < 4.78 is 37.8. The van der Waals surface area contributed by atoms with Gasteiger partial charge in [-0.3, -0.25) is 9.88 Å². The van der Waals surface area contributed by atoms with Crippen LogP contribution in [-0.2, 0) is 12.7 Å². The smallest absolute Gasteiger partial charge is 0.347 e. The quantitative estimate of drug-likeness (QED) is 0.767. The number of pyridine rings is 2. The van der Waals surface area contributed by atoms with Crippen LogP contribution in [0.1, 0.15) is 17.7 Å². The van der Waals surface area contributed by atoms with E-state index in [4.69, 9.17) is 23.2 Å². The zero-order chi connectivity index (χ0) is 18.5. The van der Waals surface area contributed by atoms with Crippen LogP contribution in [0.25, 0.3) is 0 Å². The average Bonchev–Trinajstić information content (AvgIpc) is 2.57. The second kappa shape index (κ2) is 6.55. The van der Waals surface area contributed by atoms with E-state index in [0.29, 0.717) is 28.7 Å². The summed E-state index contributed by atoms with van der Waals surface area (Å²) in [5.74, 6) is 0.744. The van der Waals surface area contributed by atoms with Crippen LogP contribution in [0, 0.1) is 0 Å². The highest BCUT2D eigenvalue weighted by Crippen LogP contribution is 2.40. The zero-order valence-electron chi connectivity index (χ0n) is 13.5. The molecule has 0 amide bonds. The van der Waals surface area contributed by atoms with E-state index in [1.165, 1.54) is 12.3 Å². The van der Waals surface area contributed by atoms with Crippen molar-refractivity contribution in [1.82, 2.24) is 14.9 Å². The zero-order valence-corrected chi connectivity index (χ0v) is 15.1. The van der Waals surface area contributed by atoms with E-state index >= 15 is 0 Å². The SMILES string of the molecule is FC(F)(F)c1ccc(CN2CC3CC(C2)N3c2ncc(Cl)cc2Cl)cn1. The molecule has 3 fully saturated rings. The first-order chi connectivity index (χ1) is 12.3. The Morgan fingerprint density at radius 3 is 2.38 bits per heavy atom. The molecule has 2 aromatic heterocycles. The number of alkyl halides is 3. The van der Waals surface area contributed by atoms with Crippen LogP contribution < -0.4 is 4.90 Å². The second-order valence-corrected chi connectivity index (χ2v) is 7.50. The van der Waals surface area contributed by atoms with E-state index < -0.39 is 11.9 Å². The Balaban J connectivity index is 1.41. The summed E-state index contributed by atoms with van der Waals surface area (Å²) in [6.07, 6.45) is -0.458. The van der Waals surface area contributed by atoms with Crippen molar-refractivity contribution in [2.24, 2.45) is 0 Å². The van der Waals surface area contributed by atoms with Crippen molar-refractivity contribution in [3.05, 3.63) is 51.9 Å². The highest BCUT2D eigenvalue weighted by molar-refractivity contribution is 6.36. The van der Waals surface area contributed by atoms with Crippen molar-refractivity contribution < 1.29 is 13.2 Å². The van der Waals surface area contributed by atoms with Crippen molar-refractivity contribution in [2.75, 3.05) is 18.0 Å². The molecule has 0 N–H and O–H groups in total. The van der Waals surface area contributed by atoms with Gasteiger partial charge in [-0.1, -0.05) is 29.3 Å². The Morgan fingerprint density at radius 2 is 1.81 bits per heavy atom.